The summed E-state index contributed by atoms with van der Waals surface area (Å²) in [5, 5.41) is 0.271. The predicted octanol–water partition coefficient (Wildman–Crippen LogP) is 4.61. The molecule has 0 aliphatic heterocycles. The molecule has 18 heavy (non-hydrogen) atoms. The highest BCUT2D eigenvalue weighted by Crippen LogP contribution is 2.50. The molecule has 2 nitrogen and oxygen atoms in total. The van der Waals surface area contributed by atoms with Crippen LogP contribution in [0.15, 0.2) is 0 Å². The molecule has 2 aliphatic carbocycles. The summed E-state index contributed by atoms with van der Waals surface area (Å²) in [6, 6.07) is 0. The molecule has 2 saturated carbocycles. The van der Waals surface area contributed by atoms with Crippen molar-refractivity contribution in [2.75, 3.05) is 14.2 Å². The summed E-state index contributed by atoms with van der Waals surface area (Å²) < 4.78 is 12.1. The lowest BCUT2D eigenvalue weighted by Crippen LogP contribution is -2.53. The Kier molecular flexibility index (Phi) is 5.55. The van der Waals surface area contributed by atoms with Crippen LogP contribution >= 0.6 is 11.6 Å². The number of hydrogen-bond donors (Lipinski definition) is 0. The second kappa shape index (κ2) is 6.73. The van der Waals surface area contributed by atoms with Crippen LogP contribution in [-0.2, 0) is 8.85 Å². The van der Waals surface area contributed by atoms with E-state index in [1.807, 2.05) is 14.2 Å². The second-order valence-electron chi connectivity index (χ2n) is 5.87. The first-order valence-corrected chi connectivity index (χ1v) is 9.89. The summed E-state index contributed by atoms with van der Waals surface area (Å²) >= 11 is 6.62. The molecule has 0 aromatic heterocycles. The molecule has 0 heterocycles. The average Bonchev–Trinajstić information content (AvgIpc) is 2.44. The van der Waals surface area contributed by atoms with Gasteiger partial charge in [-0.3, -0.25) is 0 Å². The second-order valence-corrected chi connectivity index (χ2v) is 10.2. The van der Waals surface area contributed by atoms with E-state index in [9.17, 15) is 0 Å². The van der Waals surface area contributed by atoms with Gasteiger partial charge in [0.25, 0.3) is 0 Å². The van der Waals surface area contributed by atoms with Gasteiger partial charge in [-0.15, -0.1) is 11.6 Å². The van der Waals surface area contributed by atoms with E-state index in [1.165, 1.54) is 51.4 Å². The van der Waals surface area contributed by atoms with Crippen molar-refractivity contribution in [3.8, 4) is 0 Å². The van der Waals surface area contributed by atoms with Crippen LogP contribution in [0.3, 0.4) is 0 Å². The van der Waals surface area contributed by atoms with E-state index in [2.05, 4.69) is 0 Å². The van der Waals surface area contributed by atoms with E-state index in [-0.39, 0.29) is 5.38 Å². The molecule has 0 aromatic rings. The molecule has 2 atom stereocenters. The topological polar surface area (TPSA) is 18.5 Å². The van der Waals surface area contributed by atoms with Crippen LogP contribution < -0.4 is 0 Å². The van der Waals surface area contributed by atoms with Crippen molar-refractivity contribution < 1.29 is 8.85 Å². The van der Waals surface area contributed by atoms with E-state index in [0.29, 0.717) is 11.1 Å². The van der Waals surface area contributed by atoms with Gasteiger partial charge in [-0.1, -0.05) is 32.1 Å². The number of alkyl halides is 1. The summed E-state index contributed by atoms with van der Waals surface area (Å²) in [7, 11) is 1.59. The highest BCUT2D eigenvalue weighted by atomic mass is 35.5. The summed E-state index contributed by atoms with van der Waals surface area (Å²) in [6.45, 7) is 0. The zero-order valence-corrected chi connectivity index (χ0v) is 13.5. The van der Waals surface area contributed by atoms with Gasteiger partial charge >= 0.3 is 8.56 Å². The van der Waals surface area contributed by atoms with E-state index < -0.39 is 8.56 Å². The molecule has 2 unspecified atom stereocenters. The van der Waals surface area contributed by atoms with Gasteiger partial charge in [0, 0.05) is 30.7 Å². The maximum Gasteiger partial charge on any atom is 0.345 e. The van der Waals surface area contributed by atoms with Gasteiger partial charge < -0.3 is 8.85 Å². The lowest BCUT2D eigenvalue weighted by molar-refractivity contribution is 0.194. The Hall–Kier alpha value is 0.427. The van der Waals surface area contributed by atoms with Crippen molar-refractivity contribution in [3.63, 3.8) is 0 Å². The minimum Gasteiger partial charge on any atom is -0.397 e. The largest absolute Gasteiger partial charge is 0.397 e. The Morgan fingerprint density at radius 1 is 0.833 bits per heavy atom. The third-order valence-corrected chi connectivity index (χ3v) is 10.5. The van der Waals surface area contributed by atoms with Crippen molar-refractivity contribution in [2.45, 2.75) is 74.2 Å². The van der Waals surface area contributed by atoms with Gasteiger partial charge in [-0.2, -0.15) is 0 Å². The Morgan fingerprint density at radius 3 is 1.94 bits per heavy atom. The van der Waals surface area contributed by atoms with E-state index in [4.69, 9.17) is 20.5 Å². The molecule has 4 heteroatoms. The molecule has 2 fully saturated rings. The minimum absolute atomic E-state index is 0.271. The SMILES string of the molecule is CO[Si](OC)(C1CCCCC1)C1CCCCC1Cl. The van der Waals surface area contributed by atoms with E-state index in [0.717, 1.165) is 6.42 Å². The predicted molar refractivity (Wildman–Crippen MR) is 78.5 cm³/mol. The van der Waals surface area contributed by atoms with Gasteiger partial charge in [-0.05, 0) is 25.7 Å². The molecule has 0 radical (unpaired) electrons. The quantitative estimate of drug-likeness (QED) is 0.556. The van der Waals surface area contributed by atoms with Crippen molar-refractivity contribution >= 4 is 20.2 Å². The highest BCUT2D eigenvalue weighted by Gasteiger charge is 2.53. The lowest BCUT2D eigenvalue weighted by atomic mass is 9.99. The molecule has 0 aromatic carbocycles. The van der Waals surface area contributed by atoms with Crippen LogP contribution in [0.5, 0.6) is 0 Å². The minimum atomic E-state index is -2.14. The first-order chi connectivity index (χ1) is 8.74. The van der Waals surface area contributed by atoms with Gasteiger partial charge in [0.05, 0.1) is 0 Å². The fourth-order valence-electron chi connectivity index (χ4n) is 4.07. The molecule has 2 aliphatic rings. The molecule has 106 valence electrons. The monoisotopic (exact) mass is 290 g/mol. The Morgan fingerprint density at radius 2 is 1.39 bits per heavy atom. The smallest absolute Gasteiger partial charge is 0.345 e. The Labute approximate surface area is 118 Å². The van der Waals surface area contributed by atoms with Crippen LogP contribution in [-0.4, -0.2) is 28.2 Å². The molecule has 0 amide bonds. The molecule has 0 spiro atoms. The van der Waals surface area contributed by atoms with Gasteiger partial charge in [0.2, 0.25) is 0 Å². The fraction of sp³-hybridized carbons (Fsp3) is 1.00. The molecule has 0 saturated heterocycles. The lowest BCUT2D eigenvalue weighted by Gasteiger charge is -2.45. The van der Waals surface area contributed by atoms with E-state index >= 15 is 0 Å². The number of hydrogen-bond acceptors (Lipinski definition) is 2. The zero-order valence-electron chi connectivity index (χ0n) is 11.8. The molecule has 0 bridgehead atoms. The van der Waals surface area contributed by atoms with E-state index in [1.54, 1.807) is 0 Å². The molecule has 0 N–H and O–H groups in total. The third kappa shape index (κ3) is 2.79. The van der Waals surface area contributed by atoms with Crippen LogP contribution in [0.25, 0.3) is 0 Å². The van der Waals surface area contributed by atoms with Crippen molar-refractivity contribution in [3.05, 3.63) is 0 Å². The maximum absolute atomic E-state index is 6.62. The Balaban J connectivity index is 2.17. The fourth-order valence-corrected chi connectivity index (χ4v) is 9.41. The third-order valence-electron chi connectivity index (χ3n) is 5.01. The molecule has 2 rings (SSSR count). The molecular weight excluding hydrogens is 264 g/mol. The number of rotatable bonds is 4. The summed E-state index contributed by atoms with van der Waals surface area (Å²) in [5.41, 5.74) is 1.15. The van der Waals surface area contributed by atoms with Crippen LogP contribution in [0.1, 0.15) is 57.8 Å². The van der Waals surface area contributed by atoms with Crippen LogP contribution in [0, 0.1) is 0 Å². The maximum atomic E-state index is 6.62. The highest BCUT2D eigenvalue weighted by molar-refractivity contribution is 6.71. The average molecular weight is 291 g/mol. The first-order valence-electron chi connectivity index (χ1n) is 7.49. The number of halogens is 1. The summed E-state index contributed by atoms with van der Waals surface area (Å²) in [6.07, 6.45) is 11.5. The van der Waals surface area contributed by atoms with Crippen LogP contribution in [0.2, 0.25) is 11.1 Å². The normalized spacial score (nSPS) is 31.5. The summed E-state index contributed by atoms with van der Waals surface area (Å²) in [5.74, 6) is 0. The van der Waals surface area contributed by atoms with Gasteiger partial charge in [-0.25, -0.2) is 0 Å². The first kappa shape index (κ1) is 14.8. The van der Waals surface area contributed by atoms with Crippen molar-refractivity contribution in [1.82, 2.24) is 0 Å². The standard InChI is InChI=1S/C14H27ClO2Si/c1-16-18(17-2,12-8-4-3-5-9-12)14-11-7-6-10-13(14)15/h12-14H,3-11H2,1-2H3. The molecular formula is C14H27ClO2Si. The van der Waals surface area contributed by atoms with Crippen molar-refractivity contribution in [1.29, 1.82) is 0 Å². The van der Waals surface area contributed by atoms with Gasteiger partial charge in [0.1, 0.15) is 0 Å². The van der Waals surface area contributed by atoms with Crippen molar-refractivity contribution in [2.24, 2.45) is 0 Å². The summed E-state index contributed by atoms with van der Waals surface area (Å²) in [4.78, 5) is 0. The Bertz CT molecular complexity index is 252. The zero-order chi connectivity index (χ0) is 13.0. The van der Waals surface area contributed by atoms with Gasteiger partial charge in [0.15, 0.2) is 0 Å². The van der Waals surface area contributed by atoms with Crippen LogP contribution in [0.4, 0.5) is 0 Å².